The second-order valence-electron chi connectivity index (χ2n) is 13.2. The maximum atomic E-state index is 13.1. The molecular weight excluding hydrogens is 518 g/mol. The smallest absolute Gasteiger partial charge is 0.220 e. The number of halogens is 1. The average molecular weight is 565 g/mol. The van der Waals surface area contributed by atoms with Gasteiger partial charge in [0.2, 0.25) is 5.91 Å². The van der Waals surface area contributed by atoms with Crippen LogP contribution in [0.5, 0.6) is 0 Å². The van der Waals surface area contributed by atoms with E-state index >= 15 is 0 Å². The lowest BCUT2D eigenvalue weighted by Gasteiger charge is -2.61. The number of fused-ring (bicyclic) bond motifs is 5. The van der Waals surface area contributed by atoms with E-state index in [0.29, 0.717) is 29.1 Å². The summed E-state index contributed by atoms with van der Waals surface area (Å²) in [4.78, 5) is 14.4. The molecule has 4 aliphatic carbocycles. The van der Waals surface area contributed by atoms with Crippen molar-refractivity contribution in [3.05, 3.63) is 20.8 Å². The number of aliphatic hydroxyl groups is 1. The molecule has 5 heteroatoms. The molecule has 10 atom stereocenters. The normalized spacial score (nSPS) is 42.5. The van der Waals surface area contributed by atoms with Gasteiger partial charge in [-0.25, -0.2) is 0 Å². The first-order valence-corrected chi connectivity index (χ1v) is 16.0. The van der Waals surface area contributed by atoms with Crippen LogP contribution >= 0.6 is 27.3 Å². The molecule has 0 bridgehead atoms. The largest absolute Gasteiger partial charge is 0.393 e. The van der Waals surface area contributed by atoms with Crippen molar-refractivity contribution < 1.29 is 9.90 Å². The number of carbonyl (C=O) groups is 1. The van der Waals surface area contributed by atoms with Gasteiger partial charge in [0.25, 0.3) is 0 Å². The van der Waals surface area contributed by atoms with Crippen molar-refractivity contribution in [2.75, 3.05) is 0 Å². The zero-order chi connectivity index (χ0) is 25.0. The molecule has 0 radical (unpaired) electrons. The summed E-state index contributed by atoms with van der Waals surface area (Å²) < 4.78 is 1.13. The number of carbonyl (C=O) groups excluding carboxylic acids is 1. The summed E-state index contributed by atoms with van der Waals surface area (Å²) in [5.74, 6) is 4.58. The second kappa shape index (κ2) is 10.1. The van der Waals surface area contributed by atoms with E-state index in [-0.39, 0.29) is 18.1 Å². The summed E-state index contributed by atoms with van der Waals surface area (Å²) in [6.07, 6.45) is 12.8. The van der Waals surface area contributed by atoms with Gasteiger partial charge in [-0.3, -0.25) is 4.79 Å². The Morgan fingerprint density at radius 1 is 1.11 bits per heavy atom. The lowest BCUT2D eigenvalue weighted by Crippen LogP contribution is -2.54. The third-order valence-electron chi connectivity index (χ3n) is 11.6. The van der Waals surface area contributed by atoms with Crippen LogP contribution in [-0.4, -0.2) is 17.1 Å². The van der Waals surface area contributed by atoms with Crippen molar-refractivity contribution in [3.63, 3.8) is 0 Å². The minimum atomic E-state index is -0.0602. The Labute approximate surface area is 225 Å². The lowest BCUT2D eigenvalue weighted by molar-refractivity contribution is -0.131. The summed E-state index contributed by atoms with van der Waals surface area (Å²) in [7, 11) is 0. The molecule has 1 amide bonds. The number of nitrogens with one attached hydrogen (secondary N) is 1. The Morgan fingerprint density at radius 2 is 1.86 bits per heavy atom. The predicted octanol–water partition coefficient (Wildman–Crippen LogP) is 8.12. The molecule has 5 rings (SSSR count). The molecule has 0 spiro atoms. The van der Waals surface area contributed by atoms with Gasteiger partial charge in [-0.1, -0.05) is 27.7 Å². The summed E-state index contributed by atoms with van der Waals surface area (Å²) in [6.45, 7) is 9.69. The van der Waals surface area contributed by atoms with E-state index in [0.717, 1.165) is 46.7 Å². The van der Waals surface area contributed by atoms with Crippen molar-refractivity contribution in [1.29, 1.82) is 0 Å². The molecule has 2 N–H and O–H groups in total. The van der Waals surface area contributed by atoms with Crippen molar-refractivity contribution in [3.8, 4) is 0 Å². The van der Waals surface area contributed by atoms with Crippen LogP contribution in [0.4, 0.5) is 0 Å². The zero-order valence-corrected chi connectivity index (χ0v) is 24.6. The van der Waals surface area contributed by atoms with E-state index in [1.807, 2.05) is 0 Å². The summed E-state index contributed by atoms with van der Waals surface area (Å²) in [5.41, 5.74) is 0.833. The fourth-order valence-electron chi connectivity index (χ4n) is 9.79. The number of rotatable bonds is 6. The highest BCUT2D eigenvalue weighted by atomic mass is 79.9. The Morgan fingerprint density at radius 3 is 2.57 bits per heavy atom. The van der Waals surface area contributed by atoms with Gasteiger partial charge < -0.3 is 10.4 Å². The number of thiophene rings is 1. The highest BCUT2D eigenvalue weighted by Gasteiger charge is 2.60. The first kappa shape index (κ1) is 26.2. The third kappa shape index (κ3) is 4.69. The van der Waals surface area contributed by atoms with Crippen LogP contribution in [0.2, 0.25) is 0 Å². The van der Waals surface area contributed by atoms with Crippen molar-refractivity contribution in [2.45, 2.75) is 110 Å². The van der Waals surface area contributed by atoms with Crippen LogP contribution < -0.4 is 5.32 Å². The predicted molar refractivity (Wildman–Crippen MR) is 148 cm³/mol. The van der Waals surface area contributed by atoms with E-state index < -0.39 is 0 Å². The molecule has 6 unspecified atom stereocenters. The standard InChI is InChI=1S/C30H46BrNO2S/c1-5-25(26-10-11-27(31)35-26)32-28(34)16-18(2)22-8-9-23-21-7-6-19-17-20(33)12-14-29(19,3)24(21)13-15-30(22,23)4/h10-11,18-25,33H,5-9,12-17H2,1-4H3,(H,32,34)/t18-,19?,20-,21?,22?,23+,24+,25?,29?,30?/m1/s1. The van der Waals surface area contributed by atoms with Gasteiger partial charge >= 0.3 is 0 Å². The van der Waals surface area contributed by atoms with Gasteiger partial charge in [-0.15, -0.1) is 11.3 Å². The van der Waals surface area contributed by atoms with Crippen LogP contribution in [0.1, 0.15) is 109 Å². The summed E-state index contributed by atoms with van der Waals surface area (Å²) in [6, 6.07) is 4.34. The van der Waals surface area contributed by atoms with Crippen LogP contribution in [0.15, 0.2) is 15.9 Å². The van der Waals surface area contributed by atoms with Crippen LogP contribution in [0.25, 0.3) is 0 Å². The van der Waals surface area contributed by atoms with Crippen LogP contribution in [0, 0.1) is 46.3 Å². The topological polar surface area (TPSA) is 49.3 Å². The molecule has 0 aromatic carbocycles. The van der Waals surface area contributed by atoms with Gasteiger partial charge in [0.15, 0.2) is 0 Å². The van der Waals surface area contributed by atoms with Gasteiger partial charge in [-0.05, 0) is 139 Å². The van der Waals surface area contributed by atoms with E-state index in [4.69, 9.17) is 0 Å². The molecular formula is C30H46BrNO2S. The van der Waals surface area contributed by atoms with E-state index in [9.17, 15) is 9.90 Å². The molecule has 1 aromatic heterocycles. The van der Waals surface area contributed by atoms with Crippen LogP contribution in [0.3, 0.4) is 0 Å². The molecule has 196 valence electrons. The minimum absolute atomic E-state index is 0.0602. The molecule has 1 aromatic rings. The van der Waals surface area contributed by atoms with E-state index in [1.54, 1.807) is 11.3 Å². The number of aliphatic hydroxyl groups excluding tert-OH is 1. The molecule has 1 heterocycles. The monoisotopic (exact) mass is 563 g/mol. The Bertz CT molecular complexity index is 918. The SMILES string of the molecule is CCC(NC(=O)C[C@@H](C)C1CC[C@H]2C3CCC4C[C@H](O)CCC4(C)[C@H]3CCC12C)c1ccc(Br)s1. The van der Waals surface area contributed by atoms with E-state index in [2.05, 4.69) is 61.1 Å². The molecule has 4 saturated carbocycles. The molecule has 0 aliphatic heterocycles. The molecule has 0 saturated heterocycles. The van der Waals surface area contributed by atoms with Gasteiger partial charge in [0.1, 0.15) is 0 Å². The van der Waals surface area contributed by atoms with Gasteiger partial charge in [0.05, 0.1) is 15.9 Å². The molecule has 35 heavy (non-hydrogen) atoms. The molecule has 3 nitrogen and oxygen atoms in total. The summed E-state index contributed by atoms with van der Waals surface area (Å²) >= 11 is 5.29. The van der Waals surface area contributed by atoms with Crippen molar-refractivity contribution in [1.82, 2.24) is 5.32 Å². The Balaban J connectivity index is 1.24. The number of hydrogen-bond acceptors (Lipinski definition) is 3. The summed E-state index contributed by atoms with van der Waals surface area (Å²) in [5, 5.41) is 13.7. The van der Waals surface area contributed by atoms with Crippen molar-refractivity contribution >= 4 is 33.2 Å². The molecule has 4 fully saturated rings. The quantitative estimate of drug-likeness (QED) is 0.367. The van der Waals surface area contributed by atoms with Crippen molar-refractivity contribution in [2.24, 2.45) is 46.3 Å². The highest BCUT2D eigenvalue weighted by molar-refractivity contribution is 9.11. The maximum Gasteiger partial charge on any atom is 0.220 e. The molecule has 4 aliphatic rings. The Hall–Kier alpha value is -0.390. The second-order valence-corrected chi connectivity index (χ2v) is 15.7. The van der Waals surface area contributed by atoms with Gasteiger partial charge in [0, 0.05) is 11.3 Å². The average Bonchev–Trinajstić information content (AvgIpc) is 3.40. The van der Waals surface area contributed by atoms with E-state index in [1.165, 1.54) is 49.8 Å². The lowest BCUT2D eigenvalue weighted by atomic mass is 9.44. The first-order valence-electron chi connectivity index (χ1n) is 14.4. The fourth-order valence-corrected chi connectivity index (χ4v) is 11.3. The van der Waals surface area contributed by atoms with Crippen LogP contribution in [-0.2, 0) is 4.79 Å². The van der Waals surface area contributed by atoms with Gasteiger partial charge in [-0.2, -0.15) is 0 Å². The minimum Gasteiger partial charge on any atom is -0.393 e. The number of hydrogen-bond donors (Lipinski definition) is 2. The zero-order valence-electron chi connectivity index (χ0n) is 22.2. The number of amides is 1. The Kier molecular flexibility index (Phi) is 7.54. The fraction of sp³-hybridized carbons (Fsp3) is 0.833. The highest BCUT2D eigenvalue weighted by Crippen LogP contribution is 2.68. The first-order chi connectivity index (χ1) is 16.7. The maximum absolute atomic E-state index is 13.1. The third-order valence-corrected chi connectivity index (χ3v) is 13.3.